The van der Waals surface area contributed by atoms with Gasteiger partial charge in [-0.2, -0.15) is 5.10 Å². The topological polar surface area (TPSA) is 78.3 Å². The normalized spacial score (nSPS) is 16.7. The molecule has 160 valence electrons. The van der Waals surface area contributed by atoms with Crippen molar-refractivity contribution in [2.24, 2.45) is 0 Å². The van der Waals surface area contributed by atoms with Gasteiger partial charge in [0.2, 0.25) is 5.95 Å². The average Bonchev–Trinajstić information content (AvgIpc) is 3.45. The molecule has 7 nitrogen and oxygen atoms in total. The van der Waals surface area contributed by atoms with Crippen LogP contribution in [-0.4, -0.2) is 43.5 Å². The van der Waals surface area contributed by atoms with Gasteiger partial charge in [0.1, 0.15) is 4.83 Å². The number of piperidine rings is 1. The number of thiazole rings is 1. The first-order valence-corrected chi connectivity index (χ1v) is 11.4. The minimum Gasteiger partial charge on any atom is -0.338 e. The predicted octanol–water partition coefficient (Wildman–Crippen LogP) is 4.81. The molecule has 0 bridgehead atoms. The van der Waals surface area contributed by atoms with Crippen LogP contribution in [0.1, 0.15) is 51.1 Å². The maximum absolute atomic E-state index is 13.1. The molecule has 1 saturated heterocycles. The van der Waals surface area contributed by atoms with Gasteiger partial charge in [0.15, 0.2) is 0 Å². The van der Waals surface area contributed by atoms with Crippen molar-refractivity contribution in [2.45, 2.75) is 39.5 Å². The van der Waals surface area contributed by atoms with E-state index in [0.717, 1.165) is 42.4 Å². The van der Waals surface area contributed by atoms with Gasteiger partial charge in [0, 0.05) is 41.0 Å². The summed E-state index contributed by atoms with van der Waals surface area (Å²) < 4.78 is 2.23. The number of rotatable bonds is 4. The van der Waals surface area contributed by atoms with E-state index >= 15 is 0 Å². The van der Waals surface area contributed by atoms with Crippen LogP contribution in [0.3, 0.4) is 0 Å². The number of carbonyl (C=O) groups excluding carboxylic acids is 1. The van der Waals surface area contributed by atoms with Crippen molar-refractivity contribution in [3.63, 3.8) is 0 Å². The third-order valence-electron chi connectivity index (χ3n) is 6.14. The number of benzene rings is 1. The fraction of sp³-hybridized carbons (Fsp3) is 0.348. The zero-order valence-electron chi connectivity index (χ0n) is 18.0. The smallest absolute Gasteiger partial charge is 0.257 e. The van der Waals surface area contributed by atoms with E-state index in [1.807, 2.05) is 42.2 Å². The van der Waals surface area contributed by atoms with E-state index in [9.17, 15) is 4.79 Å². The second-order valence-corrected chi connectivity index (χ2v) is 9.40. The molecule has 1 aliphatic rings. The Morgan fingerprint density at radius 3 is 2.77 bits per heavy atom. The van der Waals surface area contributed by atoms with Crippen molar-refractivity contribution >= 4 is 33.7 Å². The van der Waals surface area contributed by atoms with Crippen molar-refractivity contribution in [2.75, 3.05) is 18.4 Å². The zero-order valence-corrected chi connectivity index (χ0v) is 18.8. The highest BCUT2D eigenvalue weighted by atomic mass is 32.1. The molecule has 1 amide bonds. The van der Waals surface area contributed by atoms with Gasteiger partial charge in [-0.25, -0.2) is 4.98 Å². The summed E-state index contributed by atoms with van der Waals surface area (Å²) in [5.41, 5.74) is 4.77. The summed E-state index contributed by atoms with van der Waals surface area (Å²) in [7, 11) is 0. The van der Waals surface area contributed by atoms with Gasteiger partial charge in [-0.05, 0) is 45.7 Å². The molecule has 8 heteroatoms. The molecule has 4 aromatic rings. The van der Waals surface area contributed by atoms with Gasteiger partial charge >= 0.3 is 0 Å². The molecule has 1 aliphatic heterocycles. The van der Waals surface area contributed by atoms with Gasteiger partial charge in [0.25, 0.3) is 5.91 Å². The summed E-state index contributed by atoms with van der Waals surface area (Å²) >= 11 is 1.78. The van der Waals surface area contributed by atoms with Crippen LogP contribution >= 0.6 is 11.3 Å². The van der Waals surface area contributed by atoms with Crippen LogP contribution in [0.15, 0.2) is 36.5 Å². The average molecular weight is 435 g/mol. The number of aromatic amines is 1. The Morgan fingerprint density at radius 2 is 2.03 bits per heavy atom. The third-order valence-corrected chi connectivity index (χ3v) is 7.33. The lowest BCUT2D eigenvalue weighted by atomic mass is 9.94. The fourth-order valence-electron chi connectivity index (χ4n) is 4.33. The number of nitrogens with one attached hydrogen (secondary N) is 2. The number of para-hydroxylation sites is 1. The fourth-order valence-corrected chi connectivity index (χ4v) is 5.49. The van der Waals surface area contributed by atoms with Crippen LogP contribution in [0, 0.1) is 20.8 Å². The third kappa shape index (κ3) is 3.50. The lowest BCUT2D eigenvalue weighted by Crippen LogP contribution is -2.39. The van der Waals surface area contributed by atoms with E-state index in [1.54, 1.807) is 17.5 Å². The summed E-state index contributed by atoms with van der Waals surface area (Å²) in [6.45, 7) is 7.63. The Kier molecular flexibility index (Phi) is 5.02. The molecule has 1 unspecified atom stereocenters. The Morgan fingerprint density at radius 1 is 1.23 bits per heavy atom. The predicted molar refractivity (Wildman–Crippen MR) is 123 cm³/mol. The van der Waals surface area contributed by atoms with E-state index in [0.29, 0.717) is 12.1 Å². The monoisotopic (exact) mass is 434 g/mol. The van der Waals surface area contributed by atoms with Crippen LogP contribution in [0.25, 0.3) is 4.83 Å². The molecule has 1 atom stereocenters. The van der Waals surface area contributed by atoms with Gasteiger partial charge in [-0.15, -0.1) is 11.3 Å². The molecular formula is C23H26N6OS. The number of aromatic nitrogens is 4. The number of aryl methyl sites for hydroxylation is 3. The minimum absolute atomic E-state index is 0.0487. The second kappa shape index (κ2) is 7.85. The molecule has 0 saturated carbocycles. The Balaban J connectivity index is 1.49. The molecule has 1 aromatic carbocycles. The largest absolute Gasteiger partial charge is 0.338 e. The van der Waals surface area contributed by atoms with E-state index in [-0.39, 0.29) is 11.8 Å². The lowest BCUT2D eigenvalue weighted by Gasteiger charge is -2.32. The van der Waals surface area contributed by atoms with Gasteiger partial charge in [-0.3, -0.25) is 14.3 Å². The Labute approximate surface area is 185 Å². The van der Waals surface area contributed by atoms with Crippen molar-refractivity contribution in [3.05, 3.63) is 64.1 Å². The van der Waals surface area contributed by atoms with Crippen molar-refractivity contribution in [1.82, 2.24) is 24.5 Å². The van der Waals surface area contributed by atoms with Crippen LogP contribution < -0.4 is 5.32 Å². The molecule has 0 radical (unpaired) electrons. The van der Waals surface area contributed by atoms with Crippen molar-refractivity contribution in [3.8, 4) is 0 Å². The maximum Gasteiger partial charge on any atom is 0.257 e. The molecule has 5 rings (SSSR count). The molecule has 0 aliphatic carbocycles. The molecule has 0 spiro atoms. The van der Waals surface area contributed by atoms with E-state index < -0.39 is 0 Å². The lowest BCUT2D eigenvalue weighted by molar-refractivity contribution is 0.0706. The molecular weight excluding hydrogens is 408 g/mol. The number of fused-ring (bicyclic) bond motifs is 1. The van der Waals surface area contributed by atoms with E-state index in [1.165, 1.54) is 15.4 Å². The first kappa shape index (κ1) is 19.8. The summed E-state index contributed by atoms with van der Waals surface area (Å²) in [5.74, 6) is 1.10. The van der Waals surface area contributed by atoms with Crippen molar-refractivity contribution in [1.29, 1.82) is 0 Å². The van der Waals surface area contributed by atoms with Gasteiger partial charge in [-0.1, -0.05) is 18.2 Å². The maximum atomic E-state index is 13.1. The quantitative estimate of drug-likeness (QED) is 0.483. The summed E-state index contributed by atoms with van der Waals surface area (Å²) in [5, 5.41) is 10.4. The Hall–Kier alpha value is -3.13. The van der Waals surface area contributed by atoms with Crippen LogP contribution in [0.2, 0.25) is 0 Å². The summed E-state index contributed by atoms with van der Waals surface area (Å²) in [6, 6.07) is 10.1. The number of H-pyrrole nitrogens is 1. The molecule has 3 aromatic heterocycles. The molecule has 31 heavy (non-hydrogen) atoms. The molecule has 1 fully saturated rings. The highest BCUT2D eigenvalue weighted by molar-refractivity contribution is 7.17. The summed E-state index contributed by atoms with van der Waals surface area (Å²) in [4.78, 5) is 22.5. The van der Waals surface area contributed by atoms with Crippen LogP contribution in [0.4, 0.5) is 11.6 Å². The summed E-state index contributed by atoms with van der Waals surface area (Å²) in [6.07, 6.45) is 3.63. The number of hydrogen-bond acceptors (Lipinski definition) is 5. The Bertz CT molecular complexity index is 1240. The van der Waals surface area contributed by atoms with Crippen LogP contribution in [-0.2, 0) is 0 Å². The standard InChI is InChI=1S/C23H26N6OS/c1-14-19(12-24-27-14)21(30)28-11-7-8-17(13-28)20-22-29(15(2)16(3)31-22)23(26-20)25-18-9-5-4-6-10-18/h4-6,9-10,12,17H,7-8,11,13H2,1-3H3,(H,24,27)(H,25,26). The number of anilines is 2. The van der Waals surface area contributed by atoms with Gasteiger partial charge < -0.3 is 10.2 Å². The number of carbonyl (C=O) groups is 1. The highest BCUT2D eigenvalue weighted by Gasteiger charge is 2.31. The minimum atomic E-state index is 0.0487. The second-order valence-electron chi connectivity index (χ2n) is 8.19. The van der Waals surface area contributed by atoms with E-state index in [4.69, 9.17) is 4.98 Å². The molecule has 2 N–H and O–H groups in total. The number of nitrogens with zero attached hydrogens (tertiary/aromatic N) is 4. The highest BCUT2D eigenvalue weighted by Crippen LogP contribution is 2.37. The van der Waals surface area contributed by atoms with Crippen LogP contribution in [0.5, 0.6) is 0 Å². The number of amides is 1. The van der Waals surface area contributed by atoms with Crippen molar-refractivity contribution < 1.29 is 4.79 Å². The molecule has 4 heterocycles. The number of imidazole rings is 1. The first-order chi connectivity index (χ1) is 15.0. The first-order valence-electron chi connectivity index (χ1n) is 10.6. The zero-order chi connectivity index (χ0) is 21.5. The van der Waals surface area contributed by atoms with Gasteiger partial charge in [0.05, 0.1) is 17.5 Å². The number of hydrogen-bond donors (Lipinski definition) is 2. The number of likely N-dealkylation sites (tertiary alicyclic amines) is 1. The van der Waals surface area contributed by atoms with E-state index in [2.05, 4.69) is 33.8 Å². The SMILES string of the molecule is Cc1[nH]ncc1C(=O)N1CCCC(c2nc(Nc3ccccc3)n3c(C)c(C)sc23)C1.